The lowest BCUT2D eigenvalue weighted by Crippen LogP contribution is -2.24. The van der Waals surface area contributed by atoms with E-state index in [2.05, 4.69) is 12.2 Å². The van der Waals surface area contributed by atoms with Gasteiger partial charge in [0.25, 0.3) is 0 Å². The van der Waals surface area contributed by atoms with E-state index < -0.39 is 0 Å². The van der Waals surface area contributed by atoms with E-state index in [1.807, 2.05) is 32.2 Å². The number of nitrogens with zero attached hydrogens (tertiary/aromatic N) is 1. The van der Waals surface area contributed by atoms with Crippen molar-refractivity contribution in [1.82, 2.24) is 4.90 Å². The van der Waals surface area contributed by atoms with Crippen LogP contribution in [0.4, 0.5) is 0 Å². The fourth-order valence-corrected chi connectivity index (χ4v) is 2.39. The quantitative estimate of drug-likeness (QED) is 0.533. The first kappa shape index (κ1) is 9.25. The number of amides is 1. The molecule has 1 atom stereocenters. The van der Waals surface area contributed by atoms with Gasteiger partial charge in [-0.3, -0.25) is 4.79 Å². The van der Waals surface area contributed by atoms with Gasteiger partial charge in [0.05, 0.1) is 0 Å². The van der Waals surface area contributed by atoms with Crippen molar-refractivity contribution in [1.29, 1.82) is 0 Å². The summed E-state index contributed by atoms with van der Waals surface area (Å²) in [6.45, 7) is 2.76. The van der Waals surface area contributed by atoms with E-state index >= 15 is 0 Å². The molecule has 0 N–H and O–H groups in total. The van der Waals surface area contributed by atoms with Crippen molar-refractivity contribution in [2.24, 2.45) is 5.41 Å². The molecule has 2 heteroatoms. The smallest absolute Gasteiger partial charge is 0.250 e. The molecule has 74 valence electrons. The molecular formula is C12H15NO. The standard InChI is InChI=1S/C12H15NO/c1-3-10-11(14)13(2)9-12(10)7-5-4-6-8-12/h3-7H,8-9H2,1-2H3/b10-3-. The van der Waals surface area contributed by atoms with Gasteiger partial charge in [-0.05, 0) is 13.3 Å². The number of likely N-dealkylation sites (tertiary alicyclic amines) is 1. The van der Waals surface area contributed by atoms with E-state index in [0.717, 1.165) is 18.5 Å². The van der Waals surface area contributed by atoms with Crippen molar-refractivity contribution in [2.45, 2.75) is 13.3 Å². The predicted molar refractivity (Wildman–Crippen MR) is 56.7 cm³/mol. The molecule has 0 radical (unpaired) electrons. The van der Waals surface area contributed by atoms with Crippen LogP contribution in [0, 0.1) is 5.41 Å². The zero-order valence-corrected chi connectivity index (χ0v) is 8.66. The molecule has 1 saturated heterocycles. The van der Waals surface area contributed by atoms with Gasteiger partial charge in [0.1, 0.15) is 0 Å². The van der Waals surface area contributed by atoms with Crippen LogP contribution >= 0.6 is 0 Å². The van der Waals surface area contributed by atoms with E-state index in [1.54, 1.807) is 4.90 Å². The van der Waals surface area contributed by atoms with Crippen molar-refractivity contribution in [2.75, 3.05) is 13.6 Å². The molecule has 1 aliphatic carbocycles. The molecule has 1 unspecified atom stereocenters. The summed E-state index contributed by atoms with van der Waals surface area (Å²) in [5, 5.41) is 0. The van der Waals surface area contributed by atoms with Crippen LogP contribution in [0.1, 0.15) is 13.3 Å². The van der Waals surface area contributed by atoms with Gasteiger partial charge in [0.2, 0.25) is 5.91 Å². The Morgan fingerprint density at radius 1 is 1.50 bits per heavy atom. The van der Waals surface area contributed by atoms with Crippen molar-refractivity contribution < 1.29 is 4.79 Å². The first-order valence-corrected chi connectivity index (χ1v) is 4.96. The van der Waals surface area contributed by atoms with Crippen LogP contribution in [0.5, 0.6) is 0 Å². The van der Waals surface area contributed by atoms with Gasteiger partial charge in [-0.25, -0.2) is 0 Å². The first-order valence-electron chi connectivity index (χ1n) is 4.96. The van der Waals surface area contributed by atoms with Gasteiger partial charge in [-0.2, -0.15) is 0 Å². The molecule has 2 nitrogen and oxygen atoms in total. The second kappa shape index (κ2) is 3.12. The van der Waals surface area contributed by atoms with Gasteiger partial charge < -0.3 is 4.90 Å². The Hall–Kier alpha value is -1.31. The van der Waals surface area contributed by atoms with Crippen LogP contribution in [-0.2, 0) is 4.79 Å². The number of hydrogen-bond acceptors (Lipinski definition) is 1. The van der Waals surface area contributed by atoms with Gasteiger partial charge in [-0.1, -0.05) is 30.4 Å². The highest BCUT2D eigenvalue weighted by Gasteiger charge is 2.43. The maximum Gasteiger partial charge on any atom is 0.250 e. The fraction of sp³-hybridized carbons (Fsp3) is 0.417. The average molecular weight is 189 g/mol. The summed E-state index contributed by atoms with van der Waals surface area (Å²) in [5.41, 5.74) is 0.899. The highest BCUT2D eigenvalue weighted by Crippen LogP contribution is 2.42. The third-order valence-corrected chi connectivity index (χ3v) is 3.07. The Labute approximate surface area is 84.6 Å². The molecule has 1 spiro atoms. The van der Waals surface area contributed by atoms with Gasteiger partial charge in [0, 0.05) is 24.6 Å². The lowest BCUT2D eigenvalue weighted by molar-refractivity contribution is -0.123. The van der Waals surface area contributed by atoms with Gasteiger partial charge in [0.15, 0.2) is 0 Å². The number of allylic oxidation sites excluding steroid dienone is 4. The number of rotatable bonds is 0. The zero-order chi connectivity index (χ0) is 10.2. The lowest BCUT2D eigenvalue weighted by Gasteiger charge is -2.25. The molecule has 2 aliphatic rings. The van der Waals surface area contributed by atoms with Crippen LogP contribution in [-0.4, -0.2) is 24.4 Å². The minimum atomic E-state index is -0.0463. The molecule has 0 bridgehead atoms. The molecule has 0 aromatic heterocycles. The number of carbonyl (C=O) groups excluding carboxylic acids is 1. The largest absolute Gasteiger partial charge is 0.341 e. The maximum atomic E-state index is 11.8. The predicted octanol–water partition coefficient (Wildman–Crippen LogP) is 1.91. The molecule has 0 aromatic carbocycles. The SMILES string of the molecule is C/C=C1/C(=O)N(C)CC12C=CC=CC2. The summed E-state index contributed by atoms with van der Waals surface area (Å²) in [6.07, 6.45) is 11.3. The molecule has 1 heterocycles. The van der Waals surface area contributed by atoms with Crippen LogP contribution in [0.15, 0.2) is 36.0 Å². The average Bonchev–Trinajstić information content (AvgIpc) is 2.40. The molecular weight excluding hydrogens is 174 g/mol. The molecule has 14 heavy (non-hydrogen) atoms. The zero-order valence-electron chi connectivity index (χ0n) is 8.66. The first-order chi connectivity index (χ1) is 6.69. The lowest BCUT2D eigenvalue weighted by atomic mass is 9.77. The highest BCUT2D eigenvalue weighted by atomic mass is 16.2. The highest BCUT2D eigenvalue weighted by molar-refractivity contribution is 5.98. The molecule has 0 aromatic rings. The minimum Gasteiger partial charge on any atom is -0.341 e. The summed E-state index contributed by atoms with van der Waals surface area (Å²) < 4.78 is 0. The van der Waals surface area contributed by atoms with E-state index in [-0.39, 0.29) is 11.3 Å². The van der Waals surface area contributed by atoms with Crippen molar-refractivity contribution in [3.63, 3.8) is 0 Å². The van der Waals surface area contributed by atoms with Crippen LogP contribution < -0.4 is 0 Å². The summed E-state index contributed by atoms with van der Waals surface area (Å²) in [7, 11) is 1.87. The van der Waals surface area contributed by atoms with Gasteiger partial charge >= 0.3 is 0 Å². The van der Waals surface area contributed by atoms with Crippen molar-refractivity contribution >= 4 is 5.91 Å². The Morgan fingerprint density at radius 3 is 2.86 bits per heavy atom. The van der Waals surface area contributed by atoms with Crippen LogP contribution in [0.25, 0.3) is 0 Å². The number of hydrogen-bond donors (Lipinski definition) is 0. The summed E-state index contributed by atoms with van der Waals surface area (Å²) in [4.78, 5) is 13.6. The molecule has 1 amide bonds. The number of carbonyl (C=O) groups is 1. The topological polar surface area (TPSA) is 20.3 Å². The van der Waals surface area contributed by atoms with E-state index in [9.17, 15) is 4.79 Å². The number of likely N-dealkylation sites (N-methyl/N-ethyl adjacent to an activating group) is 1. The maximum absolute atomic E-state index is 11.8. The summed E-state index contributed by atoms with van der Waals surface area (Å²) >= 11 is 0. The molecule has 0 saturated carbocycles. The van der Waals surface area contributed by atoms with Gasteiger partial charge in [-0.15, -0.1) is 0 Å². The fourth-order valence-electron chi connectivity index (χ4n) is 2.39. The third-order valence-electron chi connectivity index (χ3n) is 3.07. The minimum absolute atomic E-state index is 0.0463. The molecule has 1 aliphatic heterocycles. The van der Waals surface area contributed by atoms with E-state index in [1.165, 1.54) is 0 Å². The van der Waals surface area contributed by atoms with Crippen molar-refractivity contribution in [3.8, 4) is 0 Å². The van der Waals surface area contributed by atoms with Crippen LogP contribution in [0.2, 0.25) is 0 Å². The molecule has 2 rings (SSSR count). The second-order valence-corrected chi connectivity index (χ2v) is 4.01. The second-order valence-electron chi connectivity index (χ2n) is 4.01. The monoisotopic (exact) mass is 189 g/mol. The summed E-state index contributed by atoms with van der Waals surface area (Å²) in [6, 6.07) is 0. The molecule has 1 fully saturated rings. The van der Waals surface area contributed by atoms with E-state index in [4.69, 9.17) is 0 Å². The Bertz CT molecular complexity index is 351. The van der Waals surface area contributed by atoms with E-state index in [0.29, 0.717) is 0 Å². The Kier molecular flexibility index (Phi) is 2.06. The van der Waals surface area contributed by atoms with Crippen molar-refractivity contribution in [3.05, 3.63) is 36.0 Å². The summed E-state index contributed by atoms with van der Waals surface area (Å²) in [5.74, 6) is 0.174. The normalized spacial score (nSPS) is 33.7. The Morgan fingerprint density at radius 2 is 2.29 bits per heavy atom. The third kappa shape index (κ3) is 1.14. The van der Waals surface area contributed by atoms with Crippen LogP contribution in [0.3, 0.4) is 0 Å². The Balaban J connectivity index is 2.42.